The number of hydrogen-bond donors (Lipinski definition) is 0. The van der Waals surface area contributed by atoms with Crippen LogP contribution >= 0.6 is 71.7 Å². The molecule has 7 heteroatoms. The Balaban J connectivity index is 1.64. The van der Waals surface area contributed by atoms with Crippen LogP contribution in [0.2, 0.25) is 0 Å². The minimum absolute atomic E-state index is 0.0202. The number of carbonyl (C=O) groups is 1. The number of benzene rings is 1. The van der Waals surface area contributed by atoms with E-state index in [1.165, 1.54) is 21.0 Å². The van der Waals surface area contributed by atoms with Crippen molar-refractivity contribution >= 4 is 80.2 Å². The zero-order chi connectivity index (χ0) is 19.7. The number of nitrogens with zero attached hydrogens (tertiary/aromatic N) is 1. The SMILES string of the molecule is C=I1(C(=O)OCC(C)(C)C)CCI(c2nc(-c3ccccc3I)cs2)CC1. The Kier molecular flexibility index (Phi) is 7.38. The van der Waals surface area contributed by atoms with Gasteiger partial charge < -0.3 is 0 Å². The molecule has 3 nitrogen and oxygen atoms in total. The van der Waals surface area contributed by atoms with E-state index in [4.69, 9.17) is 9.72 Å². The third kappa shape index (κ3) is 5.71. The molecule has 0 amide bonds. The van der Waals surface area contributed by atoms with Crippen molar-refractivity contribution in [3.05, 3.63) is 36.2 Å². The Morgan fingerprint density at radius 1 is 1.33 bits per heavy atom. The molecule has 1 aromatic heterocycles. The summed E-state index contributed by atoms with van der Waals surface area (Å²) in [6.45, 7) is 6.79. The quantitative estimate of drug-likeness (QED) is 0.199. The first-order valence-corrected chi connectivity index (χ1v) is 20.5. The normalized spacial score (nSPS) is 19.5. The van der Waals surface area contributed by atoms with Crippen LogP contribution < -0.4 is 0 Å². The zero-order valence-electron chi connectivity index (χ0n) is 15.9. The average molecular weight is 725 g/mol. The van der Waals surface area contributed by atoms with Crippen LogP contribution in [0.15, 0.2) is 29.6 Å². The van der Waals surface area contributed by atoms with Crippen LogP contribution in [-0.4, -0.2) is 37.8 Å². The first-order chi connectivity index (χ1) is 12.7. The third-order valence-electron chi connectivity index (χ3n) is 4.12. The summed E-state index contributed by atoms with van der Waals surface area (Å²) in [5.74, 6) is 0. The molecular weight excluding hydrogens is 699 g/mol. The molecule has 1 aliphatic rings. The zero-order valence-corrected chi connectivity index (χ0v) is 23.2. The van der Waals surface area contributed by atoms with E-state index in [1.807, 2.05) is 11.3 Å². The van der Waals surface area contributed by atoms with E-state index in [0.29, 0.717) is 6.61 Å². The molecule has 0 radical (unpaired) electrons. The Morgan fingerprint density at radius 2 is 2.00 bits per heavy atom. The molecule has 150 valence electrons. The molecule has 1 aromatic carbocycles. The number of carbonyl (C=O) groups excluding carboxylic acids is 1. The molecule has 27 heavy (non-hydrogen) atoms. The Bertz CT molecular complexity index is 860. The van der Waals surface area contributed by atoms with Gasteiger partial charge in [0.2, 0.25) is 0 Å². The molecule has 3 rings (SSSR count). The van der Waals surface area contributed by atoms with Crippen molar-refractivity contribution in [2.75, 3.05) is 24.3 Å². The number of alkyl halides is 4. The van der Waals surface area contributed by atoms with Crippen LogP contribution in [0.3, 0.4) is 0 Å². The molecule has 0 saturated carbocycles. The van der Waals surface area contributed by atoms with Gasteiger partial charge in [0.15, 0.2) is 0 Å². The Morgan fingerprint density at radius 3 is 2.63 bits per heavy atom. The van der Waals surface area contributed by atoms with E-state index < -0.39 is 37.8 Å². The van der Waals surface area contributed by atoms with Gasteiger partial charge in [-0.1, -0.05) is 0 Å². The standard InChI is InChI=1S/C20H26I3NO2S/c1-20(2,3)14-26-19(25)23(4)11-9-22(10-12-23)18-24-17(13-27-18)15-7-5-6-8-16(15)21/h5-8,13H,4,9-12,14H2,1-3H3. The molecule has 2 aromatic rings. The fraction of sp³-hybridized carbons (Fsp3) is 0.450. The van der Waals surface area contributed by atoms with Gasteiger partial charge in [0, 0.05) is 0 Å². The van der Waals surface area contributed by atoms with Crippen LogP contribution in [0.25, 0.3) is 11.3 Å². The summed E-state index contributed by atoms with van der Waals surface area (Å²) in [7, 11) is 0. The van der Waals surface area contributed by atoms with E-state index in [9.17, 15) is 4.79 Å². The molecule has 1 saturated heterocycles. The summed E-state index contributed by atoms with van der Waals surface area (Å²) in [4.78, 5) is 17.6. The molecule has 0 N–H and O–H groups in total. The van der Waals surface area contributed by atoms with E-state index in [-0.39, 0.29) is 9.39 Å². The van der Waals surface area contributed by atoms with Gasteiger partial charge in [-0.3, -0.25) is 0 Å². The van der Waals surface area contributed by atoms with Gasteiger partial charge in [-0.2, -0.15) is 0 Å². The van der Waals surface area contributed by atoms with Crippen molar-refractivity contribution in [2.45, 2.75) is 20.8 Å². The van der Waals surface area contributed by atoms with E-state index in [1.54, 1.807) is 0 Å². The van der Waals surface area contributed by atoms with Crippen molar-refractivity contribution in [3.8, 4) is 11.3 Å². The van der Waals surface area contributed by atoms with Gasteiger partial charge in [0.25, 0.3) is 0 Å². The van der Waals surface area contributed by atoms with E-state index in [0.717, 1.165) is 14.5 Å². The van der Waals surface area contributed by atoms with Gasteiger partial charge in [0.05, 0.1) is 0 Å². The fourth-order valence-electron chi connectivity index (χ4n) is 2.51. The van der Waals surface area contributed by atoms with Crippen molar-refractivity contribution in [1.29, 1.82) is 0 Å². The fourth-order valence-corrected chi connectivity index (χ4v) is 30.3. The minimum atomic E-state index is -2.65. The molecule has 0 atom stereocenters. The molecule has 0 spiro atoms. The molecule has 1 aliphatic heterocycles. The van der Waals surface area contributed by atoms with Crippen molar-refractivity contribution in [1.82, 2.24) is 4.98 Å². The summed E-state index contributed by atoms with van der Waals surface area (Å²) in [6.07, 6.45) is 0. The van der Waals surface area contributed by atoms with Crippen LogP contribution in [0.1, 0.15) is 20.8 Å². The topological polar surface area (TPSA) is 39.2 Å². The Labute approximate surface area is 190 Å². The second kappa shape index (κ2) is 9.03. The molecule has 1 fully saturated rings. The first-order valence-electron chi connectivity index (χ1n) is 8.71. The van der Waals surface area contributed by atoms with Gasteiger partial charge >= 0.3 is 193 Å². The summed E-state index contributed by atoms with van der Waals surface area (Å²) in [5.41, 5.74) is 2.35. The summed E-state index contributed by atoms with van der Waals surface area (Å²) in [5, 5.41) is 2.20. The number of ether oxygens (including phenoxy) is 1. The van der Waals surface area contributed by atoms with Crippen LogP contribution in [0.4, 0.5) is 4.79 Å². The first kappa shape index (κ1) is 22.1. The molecule has 0 aliphatic carbocycles. The van der Waals surface area contributed by atoms with Gasteiger partial charge in [-0.15, -0.1) is 0 Å². The number of rotatable bonds is 4. The predicted molar refractivity (Wildman–Crippen MR) is 144 cm³/mol. The van der Waals surface area contributed by atoms with E-state index >= 15 is 0 Å². The molecule has 2 heterocycles. The van der Waals surface area contributed by atoms with Gasteiger partial charge in [-0.25, -0.2) is 0 Å². The maximum absolute atomic E-state index is 12.6. The molecule has 0 unspecified atom stereocenters. The maximum atomic E-state index is 12.6. The number of thiazole rings is 1. The summed E-state index contributed by atoms with van der Waals surface area (Å²) < 4.78 is 17.1. The monoisotopic (exact) mass is 725 g/mol. The van der Waals surface area contributed by atoms with Crippen molar-refractivity contribution in [2.24, 2.45) is 5.41 Å². The number of aromatic nitrogens is 1. The average Bonchev–Trinajstić information content (AvgIpc) is 3.10. The number of hydrogen-bond acceptors (Lipinski definition) is 4. The second-order valence-electron chi connectivity index (χ2n) is 7.73. The third-order valence-corrected chi connectivity index (χ3v) is 24.7. The molecule has 0 bridgehead atoms. The second-order valence-corrected chi connectivity index (χ2v) is 24.8. The Hall–Kier alpha value is 0.380. The predicted octanol–water partition coefficient (Wildman–Crippen LogP) is 6.76. The summed E-state index contributed by atoms with van der Waals surface area (Å²) in [6, 6.07) is 8.41. The van der Waals surface area contributed by atoms with Gasteiger partial charge in [-0.05, 0) is 0 Å². The van der Waals surface area contributed by atoms with E-state index in [2.05, 4.69) is 77.5 Å². The summed E-state index contributed by atoms with van der Waals surface area (Å²) >= 11 is 0.269. The van der Waals surface area contributed by atoms with Crippen LogP contribution in [-0.2, 0) is 4.74 Å². The van der Waals surface area contributed by atoms with Crippen LogP contribution in [0.5, 0.6) is 0 Å². The van der Waals surface area contributed by atoms with Crippen molar-refractivity contribution < 1.29 is 9.53 Å². The van der Waals surface area contributed by atoms with Gasteiger partial charge in [0.1, 0.15) is 0 Å². The van der Waals surface area contributed by atoms with Crippen LogP contribution in [0, 0.1) is 12.0 Å². The van der Waals surface area contributed by atoms with Crippen molar-refractivity contribution in [3.63, 3.8) is 0 Å². The molecular formula is C20H26I3NO2S. The number of halogens is 3.